The van der Waals surface area contributed by atoms with Crippen LogP contribution in [0, 0.1) is 19.7 Å². The van der Waals surface area contributed by atoms with E-state index in [4.69, 9.17) is 0 Å². The lowest BCUT2D eigenvalue weighted by molar-refractivity contribution is 0.627. The molecule has 0 amide bonds. The number of pyridine rings is 1. The molecular formula is C18H21ClFN3. The molecule has 5 heteroatoms. The van der Waals surface area contributed by atoms with Gasteiger partial charge in [-0.1, -0.05) is 12.1 Å². The first-order valence-corrected chi connectivity index (χ1v) is 7.54. The van der Waals surface area contributed by atoms with Crippen molar-refractivity contribution in [3.63, 3.8) is 0 Å². The van der Waals surface area contributed by atoms with E-state index in [-0.39, 0.29) is 18.2 Å². The molecule has 0 bridgehead atoms. The third kappa shape index (κ3) is 3.17. The van der Waals surface area contributed by atoms with Crippen molar-refractivity contribution in [1.82, 2.24) is 9.55 Å². The maximum Gasteiger partial charge on any atom is 0.135 e. The van der Waals surface area contributed by atoms with Crippen LogP contribution < -0.4 is 5.32 Å². The largest absolute Gasteiger partial charge is 0.365 e. The Hall–Kier alpha value is -2.07. The number of nitrogens with zero attached hydrogens (tertiary/aromatic N) is 2. The van der Waals surface area contributed by atoms with Gasteiger partial charge in [-0.2, -0.15) is 0 Å². The average Bonchev–Trinajstić information content (AvgIpc) is 2.78. The molecule has 3 nitrogen and oxygen atoms in total. The van der Waals surface area contributed by atoms with Crippen LogP contribution in [0.5, 0.6) is 0 Å². The Morgan fingerprint density at radius 1 is 1.13 bits per heavy atom. The summed E-state index contributed by atoms with van der Waals surface area (Å²) in [6.45, 7) is 7.99. The first-order chi connectivity index (χ1) is 10.6. The summed E-state index contributed by atoms with van der Waals surface area (Å²) in [7, 11) is 0. The number of aromatic nitrogens is 2. The number of hydrogen-bond acceptors (Lipinski definition) is 2. The number of benzene rings is 1. The SMILES string of the molecule is CCn1c(C)c(C)c2c(NCc3ccc(F)cc3)nccc21.Cl. The van der Waals surface area contributed by atoms with E-state index in [9.17, 15) is 4.39 Å². The number of hydrogen-bond donors (Lipinski definition) is 1. The van der Waals surface area contributed by atoms with Gasteiger partial charge in [-0.3, -0.25) is 0 Å². The number of fused-ring (bicyclic) bond motifs is 1. The summed E-state index contributed by atoms with van der Waals surface area (Å²) in [6.07, 6.45) is 1.83. The number of rotatable bonds is 4. The number of nitrogens with one attached hydrogen (secondary N) is 1. The van der Waals surface area contributed by atoms with E-state index in [1.165, 1.54) is 34.3 Å². The van der Waals surface area contributed by atoms with Crippen LogP contribution in [-0.4, -0.2) is 9.55 Å². The fraction of sp³-hybridized carbons (Fsp3) is 0.278. The van der Waals surface area contributed by atoms with E-state index in [0.29, 0.717) is 6.54 Å². The highest BCUT2D eigenvalue weighted by atomic mass is 35.5. The Labute approximate surface area is 142 Å². The van der Waals surface area contributed by atoms with Crippen LogP contribution in [0.15, 0.2) is 36.5 Å². The molecule has 2 aromatic heterocycles. The summed E-state index contributed by atoms with van der Waals surface area (Å²) in [5.74, 6) is 0.671. The lowest BCUT2D eigenvalue weighted by Gasteiger charge is -2.08. The van der Waals surface area contributed by atoms with Gasteiger partial charge in [0.25, 0.3) is 0 Å². The van der Waals surface area contributed by atoms with Gasteiger partial charge in [0.15, 0.2) is 0 Å². The summed E-state index contributed by atoms with van der Waals surface area (Å²) in [5, 5.41) is 4.55. The molecule has 0 aliphatic rings. The molecular weight excluding hydrogens is 313 g/mol. The second-order valence-corrected chi connectivity index (χ2v) is 5.49. The molecule has 0 aliphatic heterocycles. The third-order valence-electron chi connectivity index (χ3n) is 4.23. The second-order valence-electron chi connectivity index (χ2n) is 5.49. The van der Waals surface area contributed by atoms with E-state index >= 15 is 0 Å². The van der Waals surface area contributed by atoms with Gasteiger partial charge in [-0.15, -0.1) is 12.4 Å². The molecule has 0 spiro atoms. The van der Waals surface area contributed by atoms with Crippen molar-refractivity contribution in [2.75, 3.05) is 5.32 Å². The molecule has 0 fully saturated rings. The van der Waals surface area contributed by atoms with Crippen LogP contribution in [0.3, 0.4) is 0 Å². The molecule has 1 N–H and O–H groups in total. The van der Waals surface area contributed by atoms with Gasteiger partial charge in [-0.25, -0.2) is 9.37 Å². The van der Waals surface area contributed by atoms with Gasteiger partial charge in [0, 0.05) is 30.4 Å². The van der Waals surface area contributed by atoms with Crippen molar-refractivity contribution in [2.45, 2.75) is 33.9 Å². The van der Waals surface area contributed by atoms with Crippen LogP contribution in [-0.2, 0) is 13.1 Å². The number of anilines is 1. The Kier molecular flexibility index (Phi) is 5.26. The van der Waals surface area contributed by atoms with Gasteiger partial charge >= 0.3 is 0 Å². The Morgan fingerprint density at radius 2 is 1.83 bits per heavy atom. The Morgan fingerprint density at radius 3 is 2.48 bits per heavy atom. The standard InChI is InChI=1S/C18H20FN3.ClH/c1-4-22-13(3)12(2)17-16(22)9-10-20-18(17)21-11-14-5-7-15(19)8-6-14;/h5-10H,4,11H2,1-3H3,(H,20,21);1H. The first kappa shape index (κ1) is 17.3. The summed E-state index contributed by atoms with van der Waals surface area (Å²) in [4.78, 5) is 4.49. The smallest absolute Gasteiger partial charge is 0.135 e. The fourth-order valence-electron chi connectivity index (χ4n) is 2.94. The normalized spacial score (nSPS) is 10.6. The zero-order chi connectivity index (χ0) is 15.7. The van der Waals surface area contributed by atoms with E-state index in [1.807, 2.05) is 6.20 Å². The highest BCUT2D eigenvalue weighted by Gasteiger charge is 2.13. The Balaban J connectivity index is 0.00000192. The monoisotopic (exact) mass is 333 g/mol. The van der Waals surface area contributed by atoms with Crippen LogP contribution in [0.1, 0.15) is 23.7 Å². The van der Waals surface area contributed by atoms with E-state index < -0.39 is 0 Å². The first-order valence-electron chi connectivity index (χ1n) is 7.54. The summed E-state index contributed by atoms with van der Waals surface area (Å²) in [5.41, 5.74) is 4.76. The number of aryl methyl sites for hydroxylation is 2. The summed E-state index contributed by atoms with van der Waals surface area (Å²) >= 11 is 0. The molecule has 1 aromatic carbocycles. The van der Waals surface area contributed by atoms with Crippen molar-refractivity contribution in [3.8, 4) is 0 Å². The lowest BCUT2D eigenvalue weighted by atomic mass is 10.1. The molecule has 122 valence electrons. The maximum atomic E-state index is 13.0. The molecule has 0 unspecified atom stereocenters. The maximum absolute atomic E-state index is 13.0. The zero-order valence-electron chi connectivity index (χ0n) is 13.6. The minimum atomic E-state index is -0.213. The highest BCUT2D eigenvalue weighted by molar-refractivity contribution is 5.94. The third-order valence-corrected chi connectivity index (χ3v) is 4.23. The fourth-order valence-corrected chi connectivity index (χ4v) is 2.94. The predicted molar refractivity (Wildman–Crippen MR) is 95.9 cm³/mol. The van der Waals surface area contributed by atoms with Crippen molar-refractivity contribution < 1.29 is 4.39 Å². The molecule has 0 saturated heterocycles. The van der Waals surface area contributed by atoms with Crippen molar-refractivity contribution in [3.05, 3.63) is 59.2 Å². The summed E-state index contributed by atoms with van der Waals surface area (Å²) < 4.78 is 15.3. The summed E-state index contributed by atoms with van der Waals surface area (Å²) in [6, 6.07) is 8.60. The minimum absolute atomic E-state index is 0. The van der Waals surface area contributed by atoms with Crippen LogP contribution >= 0.6 is 12.4 Å². The van der Waals surface area contributed by atoms with Crippen molar-refractivity contribution in [1.29, 1.82) is 0 Å². The highest BCUT2D eigenvalue weighted by Crippen LogP contribution is 2.30. The van der Waals surface area contributed by atoms with E-state index in [1.54, 1.807) is 12.1 Å². The second kappa shape index (κ2) is 7.01. The van der Waals surface area contributed by atoms with Gasteiger partial charge in [0.2, 0.25) is 0 Å². The molecule has 23 heavy (non-hydrogen) atoms. The zero-order valence-corrected chi connectivity index (χ0v) is 14.4. The minimum Gasteiger partial charge on any atom is -0.365 e. The quantitative estimate of drug-likeness (QED) is 0.740. The van der Waals surface area contributed by atoms with Gasteiger partial charge in [0.1, 0.15) is 11.6 Å². The van der Waals surface area contributed by atoms with E-state index in [0.717, 1.165) is 17.9 Å². The van der Waals surface area contributed by atoms with Crippen molar-refractivity contribution >= 4 is 29.1 Å². The predicted octanol–water partition coefficient (Wildman–Crippen LogP) is 4.85. The lowest BCUT2D eigenvalue weighted by Crippen LogP contribution is -2.02. The average molecular weight is 334 g/mol. The molecule has 0 radical (unpaired) electrons. The molecule has 0 saturated carbocycles. The van der Waals surface area contributed by atoms with E-state index in [2.05, 4.69) is 41.7 Å². The molecule has 0 atom stereocenters. The van der Waals surface area contributed by atoms with Gasteiger partial charge in [0.05, 0.1) is 5.52 Å². The topological polar surface area (TPSA) is 29.9 Å². The number of halogens is 2. The van der Waals surface area contributed by atoms with Gasteiger partial charge in [-0.05, 0) is 50.1 Å². The van der Waals surface area contributed by atoms with Gasteiger partial charge < -0.3 is 9.88 Å². The van der Waals surface area contributed by atoms with Crippen LogP contribution in [0.25, 0.3) is 10.9 Å². The molecule has 0 aliphatic carbocycles. The van der Waals surface area contributed by atoms with Crippen LogP contribution in [0.4, 0.5) is 10.2 Å². The van der Waals surface area contributed by atoms with Crippen LogP contribution in [0.2, 0.25) is 0 Å². The molecule has 2 heterocycles. The molecule has 3 rings (SSSR count). The molecule has 3 aromatic rings. The van der Waals surface area contributed by atoms with Crippen molar-refractivity contribution in [2.24, 2.45) is 0 Å². The Bertz CT molecular complexity index is 809.